The Morgan fingerprint density at radius 1 is 0.414 bits per heavy atom. The summed E-state index contributed by atoms with van der Waals surface area (Å²) in [6.45, 7) is 0. The second kappa shape index (κ2) is 7.49. The van der Waals surface area contributed by atoms with Crippen LogP contribution in [0.15, 0.2) is 103 Å². The topological polar surface area (TPSA) is 0 Å². The molecule has 0 spiro atoms. The Morgan fingerprint density at radius 3 is 1.14 bits per heavy atom. The molecule has 0 aliphatic heterocycles. The number of hydrogen-bond acceptors (Lipinski definition) is 0. The van der Waals surface area contributed by atoms with Crippen LogP contribution in [0.5, 0.6) is 0 Å². The summed E-state index contributed by atoms with van der Waals surface area (Å²) in [4.78, 5) is 0. The third-order valence-corrected chi connectivity index (χ3v) is 7.66. The normalized spacial score (nSPS) is 13.8. The van der Waals surface area contributed by atoms with E-state index < -0.39 is 0 Å². The summed E-state index contributed by atoms with van der Waals surface area (Å²) >= 11 is 14.6. The van der Waals surface area contributed by atoms with Crippen LogP contribution in [0.3, 0.4) is 0 Å². The molecular formula is C25H14Br4. The van der Waals surface area contributed by atoms with E-state index in [0.717, 1.165) is 17.9 Å². The van der Waals surface area contributed by atoms with Crippen LogP contribution in [0.4, 0.5) is 0 Å². The van der Waals surface area contributed by atoms with Crippen LogP contribution in [0.2, 0.25) is 0 Å². The predicted octanol–water partition coefficient (Wildman–Crippen LogP) is 9.10. The van der Waals surface area contributed by atoms with Crippen molar-refractivity contribution < 1.29 is 0 Å². The van der Waals surface area contributed by atoms with Crippen LogP contribution >= 0.6 is 63.7 Å². The molecule has 4 aromatic rings. The molecule has 0 saturated heterocycles. The van der Waals surface area contributed by atoms with Crippen molar-refractivity contribution in [2.75, 3.05) is 0 Å². The van der Waals surface area contributed by atoms with Gasteiger partial charge in [-0.1, -0.05) is 100 Å². The fourth-order valence-electron chi connectivity index (χ4n) is 4.46. The highest BCUT2D eigenvalue weighted by Crippen LogP contribution is 2.57. The Hall–Kier alpha value is -1.20. The van der Waals surface area contributed by atoms with Crippen LogP contribution in [0, 0.1) is 0 Å². The van der Waals surface area contributed by atoms with Gasteiger partial charge in [0.15, 0.2) is 0 Å². The molecule has 0 heterocycles. The van der Waals surface area contributed by atoms with E-state index in [1.807, 2.05) is 0 Å². The van der Waals surface area contributed by atoms with E-state index in [1.54, 1.807) is 0 Å². The number of benzene rings is 4. The van der Waals surface area contributed by atoms with Crippen LogP contribution in [0.1, 0.15) is 22.3 Å². The van der Waals surface area contributed by atoms with Gasteiger partial charge in [0, 0.05) is 17.9 Å². The van der Waals surface area contributed by atoms with Crippen molar-refractivity contribution in [1.82, 2.24) is 0 Å². The summed E-state index contributed by atoms with van der Waals surface area (Å²) in [6.07, 6.45) is 0. The van der Waals surface area contributed by atoms with Crippen LogP contribution in [-0.4, -0.2) is 0 Å². The number of rotatable bonds is 2. The van der Waals surface area contributed by atoms with Gasteiger partial charge in [0.25, 0.3) is 0 Å². The molecule has 1 aliphatic rings. The van der Waals surface area contributed by atoms with Gasteiger partial charge in [-0.3, -0.25) is 0 Å². The predicted molar refractivity (Wildman–Crippen MR) is 135 cm³/mol. The zero-order chi connectivity index (χ0) is 20.2. The highest BCUT2D eigenvalue weighted by Gasteiger charge is 2.46. The van der Waals surface area contributed by atoms with Crippen molar-refractivity contribution >= 4 is 63.7 Å². The fraction of sp³-hybridized carbons (Fsp3) is 0.0400. The molecule has 0 saturated carbocycles. The summed E-state index contributed by atoms with van der Waals surface area (Å²) in [5.74, 6) is 0. The van der Waals surface area contributed by atoms with E-state index in [9.17, 15) is 0 Å². The van der Waals surface area contributed by atoms with E-state index in [2.05, 4.69) is 149 Å². The van der Waals surface area contributed by atoms with Crippen molar-refractivity contribution in [3.05, 3.63) is 125 Å². The van der Waals surface area contributed by atoms with Crippen LogP contribution < -0.4 is 0 Å². The summed E-state index contributed by atoms with van der Waals surface area (Å²) in [5.41, 5.74) is 7.26. The maximum Gasteiger partial charge on any atom is 0.0714 e. The Balaban J connectivity index is 1.97. The van der Waals surface area contributed by atoms with Gasteiger partial charge in [0.05, 0.1) is 5.41 Å². The summed E-state index contributed by atoms with van der Waals surface area (Å²) in [5, 5.41) is 0. The van der Waals surface area contributed by atoms with Crippen molar-refractivity contribution in [3.63, 3.8) is 0 Å². The lowest BCUT2D eigenvalue weighted by atomic mass is 9.68. The van der Waals surface area contributed by atoms with E-state index in [4.69, 9.17) is 0 Å². The van der Waals surface area contributed by atoms with E-state index in [-0.39, 0.29) is 5.41 Å². The van der Waals surface area contributed by atoms with Gasteiger partial charge in [-0.2, -0.15) is 0 Å². The molecule has 29 heavy (non-hydrogen) atoms. The van der Waals surface area contributed by atoms with Gasteiger partial charge in [-0.05, 0) is 81.9 Å². The molecule has 1 aliphatic carbocycles. The minimum Gasteiger partial charge on any atom is -0.0563 e. The summed E-state index contributed by atoms with van der Waals surface area (Å²) < 4.78 is 4.33. The Labute approximate surface area is 203 Å². The Kier molecular flexibility index (Phi) is 5.10. The molecule has 4 heteroatoms. The van der Waals surface area contributed by atoms with Crippen molar-refractivity contribution in [2.24, 2.45) is 0 Å². The maximum absolute atomic E-state index is 3.72. The largest absolute Gasteiger partial charge is 0.0714 e. The molecule has 0 aromatic heterocycles. The van der Waals surface area contributed by atoms with Crippen LogP contribution in [0.25, 0.3) is 11.1 Å². The summed E-state index contributed by atoms with van der Waals surface area (Å²) in [6, 6.07) is 30.7. The summed E-state index contributed by atoms with van der Waals surface area (Å²) in [7, 11) is 0. The molecule has 0 radical (unpaired) electrons. The van der Waals surface area contributed by atoms with Crippen molar-refractivity contribution in [1.29, 1.82) is 0 Å². The first-order chi connectivity index (χ1) is 14.0. The van der Waals surface area contributed by atoms with Gasteiger partial charge < -0.3 is 0 Å². The molecule has 0 nitrogen and oxygen atoms in total. The second-order valence-corrected chi connectivity index (χ2v) is 10.8. The lowest BCUT2D eigenvalue weighted by molar-refractivity contribution is 0.766. The van der Waals surface area contributed by atoms with Crippen LogP contribution in [-0.2, 0) is 5.41 Å². The molecule has 0 bridgehead atoms. The van der Waals surface area contributed by atoms with Gasteiger partial charge in [-0.15, -0.1) is 0 Å². The molecule has 0 unspecified atom stereocenters. The fourth-order valence-corrected chi connectivity index (χ4v) is 5.71. The third-order valence-electron chi connectivity index (χ3n) is 5.62. The smallest absolute Gasteiger partial charge is 0.0563 e. The molecular weight excluding hydrogens is 620 g/mol. The minimum atomic E-state index is -0.389. The first-order valence-corrected chi connectivity index (χ1v) is 12.3. The molecule has 4 aromatic carbocycles. The molecule has 0 atom stereocenters. The first-order valence-electron chi connectivity index (χ1n) is 9.12. The quantitative estimate of drug-likeness (QED) is 0.182. The lowest BCUT2D eigenvalue weighted by Gasteiger charge is -2.34. The highest BCUT2D eigenvalue weighted by molar-refractivity contribution is 9.11. The van der Waals surface area contributed by atoms with Gasteiger partial charge in [0.2, 0.25) is 0 Å². The number of halogens is 4. The second-order valence-electron chi connectivity index (χ2n) is 7.14. The van der Waals surface area contributed by atoms with Gasteiger partial charge in [0.1, 0.15) is 0 Å². The molecule has 0 amide bonds. The standard InChI is InChI=1S/C25H14Br4/c26-17-5-1-15(2-6-17)25(16-3-7-18(27)8-4-16)23-13-19(28)9-11-21(23)22-12-10-20(29)14-24(22)25/h1-14H. The molecule has 0 N–H and O–H groups in total. The monoisotopic (exact) mass is 630 g/mol. The molecule has 0 fully saturated rings. The zero-order valence-electron chi connectivity index (χ0n) is 15.1. The average molecular weight is 634 g/mol. The zero-order valence-corrected chi connectivity index (χ0v) is 21.4. The SMILES string of the molecule is Brc1ccc(C2(c3ccc(Br)cc3)c3cc(Br)ccc3-c3ccc(Br)cc32)cc1. The van der Waals surface area contributed by atoms with E-state index in [1.165, 1.54) is 33.4 Å². The highest BCUT2D eigenvalue weighted by atomic mass is 79.9. The van der Waals surface area contributed by atoms with Crippen molar-refractivity contribution in [3.8, 4) is 11.1 Å². The number of hydrogen-bond donors (Lipinski definition) is 0. The molecule has 142 valence electrons. The average Bonchev–Trinajstić information content (AvgIpc) is 2.99. The first kappa shape index (κ1) is 19.7. The van der Waals surface area contributed by atoms with Gasteiger partial charge >= 0.3 is 0 Å². The van der Waals surface area contributed by atoms with E-state index in [0.29, 0.717) is 0 Å². The Morgan fingerprint density at radius 2 is 0.759 bits per heavy atom. The third kappa shape index (κ3) is 3.11. The van der Waals surface area contributed by atoms with Crippen molar-refractivity contribution in [2.45, 2.75) is 5.41 Å². The Bertz CT molecular complexity index is 1130. The van der Waals surface area contributed by atoms with E-state index >= 15 is 0 Å². The number of fused-ring (bicyclic) bond motifs is 3. The van der Waals surface area contributed by atoms with Gasteiger partial charge in [-0.25, -0.2) is 0 Å². The minimum absolute atomic E-state index is 0.389. The molecule has 5 rings (SSSR count). The maximum atomic E-state index is 3.72. The lowest BCUT2D eigenvalue weighted by Crippen LogP contribution is -2.28.